The number of nitrogen functional groups attached to an aromatic ring is 1. The second-order valence-corrected chi connectivity index (χ2v) is 3.51. The molecule has 0 aliphatic carbocycles. The third kappa shape index (κ3) is 2.70. The second-order valence-electron chi connectivity index (χ2n) is 3.51. The monoisotopic (exact) mass is 252 g/mol. The molecule has 2 aromatic rings. The van der Waals surface area contributed by atoms with Crippen LogP contribution in [0.1, 0.15) is 20.7 Å². The van der Waals surface area contributed by atoms with E-state index in [1.807, 2.05) is 5.43 Å². The molecule has 6 heteroatoms. The van der Waals surface area contributed by atoms with Crippen LogP contribution in [-0.4, -0.2) is 11.9 Å². The summed E-state index contributed by atoms with van der Waals surface area (Å²) in [4.78, 5) is 22.4. The summed E-state index contributed by atoms with van der Waals surface area (Å²) in [6.07, 6.45) is 0. The Bertz CT molecular complexity index is 613. The van der Waals surface area contributed by atoms with E-state index in [9.17, 15) is 14.7 Å². The molecule has 0 atom stereocenters. The molecule has 0 heterocycles. The van der Waals surface area contributed by atoms with Crippen LogP contribution in [0.15, 0.2) is 36.4 Å². The van der Waals surface area contributed by atoms with Gasteiger partial charge in [-0.05, 0) is 22.9 Å². The molecule has 0 spiro atoms. The smallest absolute Gasteiger partial charge is 0.545 e. The Morgan fingerprint density at radius 2 is 1.56 bits per heavy atom. The minimum Gasteiger partial charge on any atom is -0.545 e. The van der Waals surface area contributed by atoms with Crippen molar-refractivity contribution in [2.75, 3.05) is 0 Å². The molecule has 5 nitrogen and oxygen atoms in total. The molecular weight excluding hydrogens is 243 g/mol. The maximum atomic E-state index is 11.5. The van der Waals surface area contributed by atoms with Gasteiger partial charge < -0.3 is 9.90 Å². The van der Waals surface area contributed by atoms with Crippen molar-refractivity contribution in [1.29, 1.82) is 0 Å². The van der Waals surface area contributed by atoms with E-state index in [0.717, 1.165) is 10.8 Å². The summed E-state index contributed by atoms with van der Waals surface area (Å²) in [5.41, 5.74) is 1.73. The van der Waals surface area contributed by atoms with Crippen molar-refractivity contribution in [2.24, 2.45) is 5.84 Å². The Morgan fingerprint density at radius 3 is 2.00 bits per heavy atom. The van der Waals surface area contributed by atoms with E-state index in [2.05, 4.69) is 0 Å². The van der Waals surface area contributed by atoms with Crippen molar-refractivity contribution in [3.05, 3.63) is 47.5 Å². The van der Waals surface area contributed by atoms with Crippen LogP contribution in [0.25, 0.3) is 10.8 Å². The normalized spacial score (nSPS) is 9.61. The molecule has 2 aromatic carbocycles. The zero-order chi connectivity index (χ0) is 12.4. The number of carboxylic acids is 1. The van der Waals surface area contributed by atoms with E-state index < -0.39 is 11.9 Å². The van der Waals surface area contributed by atoms with Crippen molar-refractivity contribution in [1.82, 2.24) is 5.43 Å². The van der Waals surface area contributed by atoms with Crippen molar-refractivity contribution < 1.29 is 44.3 Å². The van der Waals surface area contributed by atoms with Gasteiger partial charge in [-0.1, -0.05) is 24.3 Å². The predicted molar refractivity (Wildman–Crippen MR) is 59.9 cm³/mol. The minimum atomic E-state index is -1.41. The quantitative estimate of drug-likeness (QED) is 0.255. The summed E-state index contributed by atoms with van der Waals surface area (Å²) >= 11 is 0. The molecule has 1 amide bonds. The molecular formula is C12H9N2NaO3. The topological polar surface area (TPSA) is 95.2 Å². The zero-order valence-corrected chi connectivity index (χ0v) is 11.8. The van der Waals surface area contributed by atoms with Gasteiger partial charge in [-0.2, -0.15) is 0 Å². The van der Waals surface area contributed by atoms with E-state index in [0.29, 0.717) is 0 Å². The van der Waals surface area contributed by atoms with E-state index in [1.54, 1.807) is 24.3 Å². The molecule has 86 valence electrons. The number of hydrogen-bond donors (Lipinski definition) is 2. The van der Waals surface area contributed by atoms with E-state index >= 15 is 0 Å². The molecule has 0 bridgehead atoms. The van der Waals surface area contributed by atoms with Gasteiger partial charge >= 0.3 is 29.6 Å². The van der Waals surface area contributed by atoms with Crippen LogP contribution in [0.5, 0.6) is 0 Å². The van der Waals surface area contributed by atoms with Crippen LogP contribution in [0.4, 0.5) is 0 Å². The maximum Gasteiger partial charge on any atom is 1.00 e. The molecule has 3 N–H and O–H groups in total. The third-order valence-electron chi connectivity index (χ3n) is 2.48. The van der Waals surface area contributed by atoms with E-state index in [1.165, 1.54) is 12.1 Å². The predicted octanol–water partition coefficient (Wildman–Crippen LogP) is -3.19. The van der Waals surface area contributed by atoms with Crippen LogP contribution in [0, 0.1) is 0 Å². The Morgan fingerprint density at radius 1 is 1.06 bits per heavy atom. The molecule has 2 rings (SSSR count). The number of rotatable bonds is 2. The van der Waals surface area contributed by atoms with Crippen LogP contribution in [0.2, 0.25) is 0 Å². The van der Waals surface area contributed by atoms with Crippen molar-refractivity contribution in [3.8, 4) is 0 Å². The molecule has 0 radical (unpaired) electrons. The minimum absolute atomic E-state index is 0. The number of hydrogen-bond acceptors (Lipinski definition) is 4. The summed E-state index contributed by atoms with van der Waals surface area (Å²) in [5, 5.41) is 12.4. The fourth-order valence-corrected chi connectivity index (χ4v) is 1.67. The molecule has 0 unspecified atom stereocenters. The SMILES string of the molecule is NNC(=O)c1cc2ccccc2cc1C(=O)[O-].[Na+]. The van der Waals surface area contributed by atoms with Gasteiger partial charge in [0.05, 0.1) is 11.5 Å². The largest absolute Gasteiger partial charge is 1.00 e. The number of fused-ring (bicyclic) bond motifs is 1. The van der Waals surface area contributed by atoms with Crippen molar-refractivity contribution in [3.63, 3.8) is 0 Å². The summed E-state index contributed by atoms with van der Waals surface area (Å²) < 4.78 is 0. The molecule has 0 saturated heterocycles. The Hall–Kier alpha value is -1.40. The van der Waals surface area contributed by atoms with Gasteiger partial charge in [0.2, 0.25) is 0 Å². The summed E-state index contributed by atoms with van der Waals surface area (Å²) in [7, 11) is 0. The number of amides is 1. The Kier molecular flexibility index (Phi) is 4.86. The first-order valence-corrected chi connectivity index (χ1v) is 4.88. The van der Waals surface area contributed by atoms with Crippen LogP contribution < -0.4 is 45.9 Å². The van der Waals surface area contributed by atoms with Gasteiger partial charge in [-0.25, -0.2) is 5.84 Å². The van der Waals surface area contributed by atoms with Crippen LogP contribution >= 0.6 is 0 Å². The summed E-state index contributed by atoms with van der Waals surface area (Å²) in [5.74, 6) is 2.94. The second kappa shape index (κ2) is 5.97. The Balaban J connectivity index is 0.00000162. The van der Waals surface area contributed by atoms with Crippen molar-refractivity contribution >= 4 is 22.6 Å². The van der Waals surface area contributed by atoms with Gasteiger partial charge in [0.25, 0.3) is 5.91 Å². The molecule has 0 saturated carbocycles. The van der Waals surface area contributed by atoms with Crippen LogP contribution in [0.3, 0.4) is 0 Å². The maximum absolute atomic E-state index is 11.5. The molecule has 0 aliphatic heterocycles. The third-order valence-corrected chi connectivity index (χ3v) is 2.48. The number of hydrazine groups is 1. The van der Waals surface area contributed by atoms with Gasteiger partial charge in [0.1, 0.15) is 0 Å². The average molecular weight is 252 g/mol. The first-order chi connectivity index (χ1) is 8.13. The number of benzene rings is 2. The average Bonchev–Trinajstić information content (AvgIpc) is 2.36. The molecule has 0 aromatic heterocycles. The fourth-order valence-electron chi connectivity index (χ4n) is 1.67. The number of carbonyl (C=O) groups excluding carboxylic acids is 2. The van der Waals surface area contributed by atoms with E-state index in [4.69, 9.17) is 5.84 Å². The van der Waals surface area contributed by atoms with Crippen molar-refractivity contribution in [2.45, 2.75) is 0 Å². The molecule has 0 fully saturated rings. The number of nitrogens with one attached hydrogen (secondary N) is 1. The zero-order valence-electron chi connectivity index (χ0n) is 9.77. The fraction of sp³-hybridized carbons (Fsp3) is 0. The number of aromatic carboxylic acids is 1. The number of carboxylic acid groups (broad SMARTS) is 1. The van der Waals surface area contributed by atoms with Gasteiger partial charge in [0, 0.05) is 5.56 Å². The number of carbonyl (C=O) groups is 2. The van der Waals surface area contributed by atoms with Gasteiger partial charge in [-0.3, -0.25) is 10.2 Å². The number of nitrogens with two attached hydrogens (primary N) is 1. The van der Waals surface area contributed by atoms with Crippen LogP contribution in [-0.2, 0) is 0 Å². The van der Waals surface area contributed by atoms with Gasteiger partial charge in [0.15, 0.2) is 0 Å². The standard InChI is InChI=1S/C12H10N2O3.Na/c13-14-11(15)9-5-7-3-1-2-4-8(7)6-10(9)12(16)17;/h1-6H,13H2,(H,14,15)(H,16,17);/q;+1/p-1. The first kappa shape index (κ1) is 14.7. The van der Waals surface area contributed by atoms with E-state index in [-0.39, 0.29) is 40.7 Å². The summed E-state index contributed by atoms with van der Waals surface area (Å²) in [6, 6.07) is 9.99. The summed E-state index contributed by atoms with van der Waals surface area (Å²) in [6.45, 7) is 0. The molecule has 0 aliphatic rings. The Labute approximate surface area is 125 Å². The first-order valence-electron chi connectivity index (χ1n) is 4.88. The van der Waals surface area contributed by atoms with Gasteiger partial charge in [-0.15, -0.1) is 0 Å². The molecule has 18 heavy (non-hydrogen) atoms.